The maximum atomic E-state index is 11.3. The summed E-state index contributed by atoms with van der Waals surface area (Å²) in [5, 5.41) is 6.61. The predicted molar refractivity (Wildman–Crippen MR) is 110 cm³/mol. The quantitative estimate of drug-likeness (QED) is 0.191. The van der Waals surface area contributed by atoms with Crippen molar-refractivity contribution in [3.8, 4) is 0 Å². The molecule has 1 atom stereocenters. The van der Waals surface area contributed by atoms with Crippen LogP contribution >= 0.6 is 24.0 Å². The molecule has 0 aliphatic heterocycles. The van der Waals surface area contributed by atoms with Crippen LogP contribution in [-0.4, -0.2) is 45.8 Å². The smallest absolute Gasteiger partial charge is 0.211 e. The van der Waals surface area contributed by atoms with Gasteiger partial charge in [-0.3, -0.25) is 4.99 Å². The molecule has 0 bridgehead atoms. The maximum absolute atomic E-state index is 11.3. The van der Waals surface area contributed by atoms with E-state index in [4.69, 9.17) is 0 Å². The van der Waals surface area contributed by atoms with Crippen molar-refractivity contribution in [2.75, 3.05) is 25.4 Å². The Morgan fingerprint density at radius 2 is 1.78 bits per heavy atom. The van der Waals surface area contributed by atoms with E-state index in [0.717, 1.165) is 18.9 Å². The zero-order valence-corrected chi connectivity index (χ0v) is 18.3. The van der Waals surface area contributed by atoms with Gasteiger partial charge in [0.1, 0.15) is 0 Å². The second-order valence-electron chi connectivity index (χ2n) is 5.93. The van der Waals surface area contributed by atoms with Crippen molar-refractivity contribution in [3.05, 3.63) is 0 Å². The molecular formula is C15H35IN4O2S. The third kappa shape index (κ3) is 15.2. The Balaban J connectivity index is 0. The number of hydrogen-bond acceptors (Lipinski definition) is 3. The zero-order valence-electron chi connectivity index (χ0n) is 15.2. The van der Waals surface area contributed by atoms with Crippen LogP contribution in [0.4, 0.5) is 0 Å². The first-order valence-electron chi connectivity index (χ1n) is 8.32. The number of rotatable bonds is 11. The fraction of sp³-hybridized carbons (Fsp3) is 0.933. The van der Waals surface area contributed by atoms with Crippen LogP contribution in [0.1, 0.15) is 53.9 Å². The van der Waals surface area contributed by atoms with E-state index in [9.17, 15) is 8.42 Å². The van der Waals surface area contributed by atoms with E-state index in [2.05, 4.69) is 41.1 Å². The lowest BCUT2D eigenvalue weighted by molar-refractivity contribution is 0.489. The van der Waals surface area contributed by atoms with Crippen molar-refractivity contribution >= 4 is 40.0 Å². The first-order valence-corrected chi connectivity index (χ1v) is 9.98. The monoisotopic (exact) mass is 462 g/mol. The molecule has 0 aliphatic rings. The van der Waals surface area contributed by atoms with Crippen LogP contribution in [0.15, 0.2) is 4.99 Å². The lowest BCUT2D eigenvalue weighted by Crippen LogP contribution is -2.42. The Labute approximate surface area is 159 Å². The Hall–Kier alpha value is -0.0900. The molecule has 0 saturated carbocycles. The minimum atomic E-state index is -3.09. The number of aliphatic imine (C=N–C) groups is 1. The molecule has 0 amide bonds. The number of halogens is 1. The fourth-order valence-electron chi connectivity index (χ4n) is 1.81. The molecule has 0 saturated heterocycles. The molecule has 0 aliphatic carbocycles. The first kappa shape index (κ1) is 25.2. The van der Waals surface area contributed by atoms with Crippen molar-refractivity contribution < 1.29 is 8.42 Å². The molecule has 0 aromatic heterocycles. The highest BCUT2D eigenvalue weighted by atomic mass is 127. The third-order valence-electron chi connectivity index (χ3n) is 3.21. The van der Waals surface area contributed by atoms with E-state index in [-0.39, 0.29) is 29.7 Å². The third-order valence-corrected chi connectivity index (χ3v) is 4.62. The molecule has 140 valence electrons. The first-order chi connectivity index (χ1) is 10.3. The van der Waals surface area contributed by atoms with Crippen molar-refractivity contribution in [1.29, 1.82) is 0 Å². The summed E-state index contributed by atoms with van der Waals surface area (Å²) in [4.78, 5) is 4.49. The normalized spacial score (nSPS) is 13.6. The van der Waals surface area contributed by atoms with E-state index in [1.54, 1.807) is 6.92 Å². The number of guanidine groups is 1. The van der Waals surface area contributed by atoms with Crippen LogP contribution < -0.4 is 15.4 Å². The molecule has 8 heteroatoms. The van der Waals surface area contributed by atoms with Gasteiger partial charge in [0.2, 0.25) is 10.0 Å². The van der Waals surface area contributed by atoms with Gasteiger partial charge in [0, 0.05) is 25.7 Å². The fourth-order valence-corrected chi connectivity index (χ4v) is 2.47. The second kappa shape index (κ2) is 14.3. The average molecular weight is 462 g/mol. The van der Waals surface area contributed by atoms with Gasteiger partial charge in [-0.1, -0.05) is 13.8 Å². The lowest BCUT2D eigenvalue weighted by atomic mass is 10.0. The van der Waals surface area contributed by atoms with Crippen LogP contribution in [0.5, 0.6) is 0 Å². The predicted octanol–water partition coefficient (Wildman–Crippen LogP) is 2.31. The largest absolute Gasteiger partial charge is 0.357 e. The SMILES string of the molecule is CCNC(=NCCCNS(=O)(=O)CC)NC(C)CCC(C)C.I. The minimum absolute atomic E-state index is 0. The van der Waals surface area contributed by atoms with Gasteiger partial charge >= 0.3 is 0 Å². The average Bonchev–Trinajstić information content (AvgIpc) is 2.44. The van der Waals surface area contributed by atoms with Crippen LogP contribution in [0.25, 0.3) is 0 Å². The Bertz CT molecular complexity index is 414. The second-order valence-corrected chi connectivity index (χ2v) is 8.02. The number of nitrogens with one attached hydrogen (secondary N) is 3. The highest BCUT2D eigenvalue weighted by Crippen LogP contribution is 2.06. The molecule has 3 N–H and O–H groups in total. The van der Waals surface area contributed by atoms with Gasteiger partial charge in [-0.25, -0.2) is 13.1 Å². The minimum Gasteiger partial charge on any atom is -0.357 e. The molecule has 0 heterocycles. The number of nitrogens with zero attached hydrogens (tertiary/aromatic N) is 1. The summed E-state index contributed by atoms with van der Waals surface area (Å²) in [6, 6.07) is 0.374. The number of sulfonamides is 1. The van der Waals surface area contributed by atoms with Gasteiger partial charge in [0.05, 0.1) is 5.75 Å². The lowest BCUT2D eigenvalue weighted by Gasteiger charge is -2.18. The molecule has 0 aromatic carbocycles. The summed E-state index contributed by atoms with van der Waals surface area (Å²) in [6.07, 6.45) is 2.99. The molecule has 1 unspecified atom stereocenters. The van der Waals surface area contributed by atoms with Crippen molar-refractivity contribution in [1.82, 2.24) is 15.4 Å². The Kier molecular flexibility index (Phi) is 15.6. The van der Waals surface area contributed by atoms with Crippen molar-refractivity contribution in [2.45, 2.75) is 59.9 Å². The van der Waals surface area contributed by atoms with Crippen LogP contribution in [-0.2, 0) is 10.0 Å². The van der Waals surface area contributed by atoms with Crippen LogP contribution in [0.2, 0.25) is 0 Å². The van der Waals surface area contributed by atoms with Gasteiger partial charge in [-0.2, -0.15) is 0 Å². The van der Waals surface area contributed by atoms with Crippen molar-refractivity contribution in [2.24, 2.45) is 10.9 Å². The number of hydrogen-bond donors (Lipinski definition) is 3. The topological polar surface area (TPSA) is 82.6 Å². The maximum Gasteiger partial charge on any atom is 0.211 e. The van der Waals surface area contributed by atoms with E-state index < -0.39 is 10.0 Å². The molecule has 0 rings (SSSR count). The van der Waals surface area contributed by atoms with Crippen LogP contribution in [0, 0.1) is 5.92 Å². The molecule has 6 nitrogen and oxygen atoms in total. The van der Waals surface area contributed by atoms with Gasteiger partial charge in [0.25, 0.3) is 0 Å². The Morgan fingerprint density at radius 3 is 2.30 bits per heavy atom. The molecule has 0 fully saturated rings. The van der Waals surface area contributed by atoms with Crippen LogP contribution in [0.3, 0.4) is 0 Å². The molecule has 23 heavy (non-hydrogen) atoms. The highest BCUT2D eigenvalue weighted by molar-refractivity contribution is 14.0. The standard InChI is InChI=1S/C15H34N4O2S.HI/c1-6-16-15(19-14(5)10-9-13(3)4)17-11-8-12-18-22(20,21)7-2;/h13-14,18H,6-12H2,1-5H3,(H2,16,17,19);1H. The zero-order chi connectivity index (χ0) is 17.0. The highest BCUT2D eigenvalue weighted by Gasteiger charge is 2.07. The van der Waals surface area contributed by atoms with Crippen molar-refractivity contribution in [3.63, 3.8) is 0 Å². The van der Waals surface area contributed by atoms with E-state index in [0.29, 0.717) is 31.5 Å². The van der Waals surface area contributed by atoms with E-state index in [1.165, 1.54) is 6.42 Å². The summed E-state index contributed by atoms with van der Waals surface area (Å²) in [7, 11) is -3.09. The van der Waals surface area contributed by atoms with E-state index >= 15 is 0 Å². The van der Waals surface area contributed by atoms with E-state index in [1.807, 2.05) is 6.92 Å². The van der Waals surface area contributed by atoms with Gasteiger partial charge in [-0.15, -0.1) is 24.0 Å². The molecule has 0 aromatic rings. The van der Waals surface area contributed by atoms with Gasteiger partial charge < -0.3 is 10.6 Å². The molecule has 0 spiro atoms. The van der Waals surface area contributed by atoms with Gasteiger partial charge in [-0.05, 0) is 46.0 Å². The summed E-state index contributed by atoms with van der Waals surface area (Å²) in [6.45, 7) is 12.1. The summed E-state index contributed by atoms with van der Waals surface area (Å²) in [5.74, 6) is 1.63. The molecule has 0 radical (unpaired) electrons. The summed E-state index contributed by atoms with van der Waals surface area (Å²) >= 11 is 0. The summed E-state index contributed by atoms with van der Waals surface area (Å²) < 4.78 is 25.1. The molecular weight excluding hydrogens is 427 g/mol. The summed E-state index contributed by atoms with van der Waals surface area (Å²) in [5.41, 5.74) is 0. The Morgan fingerprint density at radius 1 is 1.13 bits per heavy atom. The van der Waals surface area contributed by atoms with Gasteiger partial charge in [0.15, 0.2) is 5.96 Å².